The molecule has 0 saturated heterocycles. The zero-order chi connectivity index (χ0) is 12.8. The Labute approximate surface area is 105 Å². The Morgan fingerprint density at radius 2 is 1.82 bits per heavy atom. The second-order valence-electron chi connectivity index (χ2n) is 7.34. The minimum absolute atomic E-state index is 0.0427. The Balaban J connectivity index is 2.24. The molecule has 2 fully saturated rings. The molecular formula is C15H28O2. The highest BCUT2D eigenvalue weighted by atomic mass is 16.3. The highest BCUT2D eigenvalue weighted by Gasteiger charge is 2.52. The molecule has 0 amide bonds. The number of hydrogen-bond donors (Lipinski definition) is 2. The van der Waals surface area contributed by atoms with Crippen LogP contribution in [0.25, 0.3) is 0 Å². The van der Waals surface area contributed by atoms with E-state index in [0.29, 0.717) is 17.3 Å². The molecule has 2 nitrogen and oxygen atoms in total. The third-order valence-corrected chi connectivity index (χ3v) is 5.54. The maximum atomic E-state index is 10.7. The van der Waals surface area contributed by atoms with Crippen molar-refractivity contribution in [2.75, 3.05) is 0 Å². The van der Waals surface area contributed by atoms with Gasteiger partial charge in [-0.3, -0.25) is 0 Å². The van der Waals surface area contributed by atoms with Crippen LogP contribution in [0.15, 0.2) is 0 Å². The SMILES string of the molecule is C[C@H]1CCC[C@]2(C)CC[C@@H](C(C)(C)O)[C@H](O)[C@@H]12. The summed E-state index contributed by atoms with van der Waals surface area (Å²) < 4.78 is 0. The standard InChI is InChI=1S/C15H28O2/c1-10-6-5-8-15(4)9-7-11(14(2,3)17)13(16)12(10)15/h10-13,16-17H,5-9H2,1-4H3/t10-,11+,12+,13-,15+/m0/s1. The molecule has 2 aliphatic rings. The lowest BCUT2D eigenvalue weighted by atomic mass is 9.52. The van der Waals surface area contributed by atoms with Crippen molar-refractivity contribution >= 4 is 0 Å². The quantitative estimate of drug-likeness (QED) is 0.740. The summed E-state index contributed by atoms with van der Waals surface area (Å²) in [6.45, 7) is 8.31. The monoisotopic (exact) mass is 240 g/mol. The van der Waals surface area contributed by atoms with Crippen molar-refractivity contribution in [2.24, 2.45) is 23.2 Å². The Morgan fingerprint density at radius 3 is 2.41 bits per heavy atom. The molecule has 17 heavy (non-hydrogen) atoms. The van der Waals surface area contributed by atoms with Gasteiger partial charge in [0.2, 0.25) is 0 Å². The van der Waals surface area contributed by atoms with Crippen LogP contribution < -0.4 is 0 Å². The van der Waals surface area contributed by atoms with Crippen molar-refractivity contribution < 1.29 is 10.2 Å². The van der Waals surface area contributed by atoms with Gasteiger partial charge >= 0.3 is 0 Å². The van der Waals surface area contributed by atoms with E-state index in [9.17, 15) is 10.2 Å². The van der Waals surface area contributed by atoms with E-state index in [-0.39, 0.29) is 12.0 Å². The minimum atomic E-state index is -0.752. The molecule has 0 bridgehead atoms. The van der Waals surface area contributed by atoms with Crippen molar-refractivity contribution in [1.29, 1.82) is 0 Å². The summed E-state index contributed by atoms with van der Waals surface area (Å²) in [5, 5.41) is 20.9. The fourth-order valence-electron chi connectivity index (χ4n) is 4.58. The predicted octanol–water partition coefficient (Wildman–Crippen LogP) is 2.97. The largest absolute Gasteiger partial charge is 0.392 e. The first-order valence-corrected chi connectivity index (χ1v) is 7.16. The summed E-state index contributed by atoms with van der Waals surface area (Å²) in [4.78, 5) is 0. The van der Waals surface area contributed by atoms with Crippen LogP contribution in [0, 0.1) is 23.2 Å². The van der Waals surface area contributed by atoms with Gasteiger partial charge in [0.05, 0.1) is 11.7 Å². The molecule has 0 unspecified atom stereocenters. The van der Waals surface area contributed by atoms with Gasteiger partial charge in [0.25, 0.3) is 0 Å². The summed E-state index contributed by atoms with van der Waals surface area (Å²) in [6.07, 6.45) is 5.57. The molecule has 0 spiro atoms. The van der Waals surface area contributed by atoms with Gasteiger partial charge in [-0.15, -0.1) is 0 Å². The normalized spacial score (nSPS) is 47.6. The van der Waals surface area contributed by atoms with Gasteiger partial charge in [0, 0.05) is 5.92 Å². The molecule has 0 radical (unpaired) electrons. The van der Waals surface area contributed by atoms with Gasteiger partial charge in [-0.05, 0) is 50.4 Å². The summed E-state index contributed by atoms with van der Waals surface area (Å²) >= 11 is 0. The van der Waals surface area contributed by atoms with Crippen molar-refractivity contribution in [1.82, 2.24) is 0 Å². The second kappa shape index (κ2) is 4.24. The first-order chi connectivity index (χ1) is 7.76. The van der Waals surface area contributed by atoms with Gasteiger partial charge in [-0.2, -0.15) is 0 Å². The first-order valence-electron chi connectivity index (χ1n) is 7.16. The third kappa shape index (κ3) is 2.26. The van der Waals surface area contributed by atoms with Gasteiger partial charge < -0.3 is 10.2 Å². The Bertz CT molecular complexity index is 281. The van der Waals surface area contributed by atoms with E-state index in [2.05, 4.69) is 13.8 Å². The maximum Gasteiger partial charge on any atom is 0.0644 e. The number of rotatable bonds is 1. The topological polar surface area (TPSA) is 40.5 Å². The molecule has 0 aromatic carbocycles. The Hall–Kier alpha value is -0.0800. The molecule has 0 heterocycles. The van der Waals surface area contributed by atoms with Crippen molar-refractivity contribution in [3.8, 4) is 0 Å². The molecule has 5 atom stereocenters. The lowest BCUT2D eigenvalue weighted by Gasteiger charge is -2.55. The molecule has 0 aromatic rings. The van der Waals surface area contributed by atoms with Crippen LogP contribution in [0.1, 0.15) is 59.8 Å². The fourth-order valence-corrected chi connectivity index (χ4v) is 4.58. The van der Waals surface area contributed by atoms with Crippen LogP contribution >= 0.6 is 0 Å². The molecular weight excluding hydrogens is 212 g/mol. The van der Waals surface area contributed by atoms with E-state index < -0.39 is 5.60 Å². The van der Waals surface area contributed by atoms with E-state index in [1.807, 2.05) is 13.8 Å². The van der Waals surface area contributed by atoms with E-state index in [1.54, 1.807) is 0 Å². The van der Waals surface area contributed by atoms with Crippen LogP contribution in [0.2, 0.25) is 0 Å². The van der Waals surface area contributed by atoms with E-state index in [1.165, 1.54) is 19.3 Å². The average Bonchev–Trinajstić information content (AvgIpc) is 2.14. The van der Waals surface area contributed by atoms with Gasteiger partial charge in [-0.25, -0.2) is 0 Å². The number of aliphatic hydroxyl groups excluding tert-OH is 1. The van der Waals surface area contributed by atoms with E-state index in [0.717, 1.165) is 12.8 Å². The van der Waals surface area contributed by atoms with Crippen molar-refractivity contribution in [3.63, 3.8) is 0 Å². The molecule has 2 saturated carbocycles. The third-order valence-electron chi connectivity index (χ3n) is 5.54. The van der Waals surface area contributed by atoms with Crippen LogP contribution in [-0.4, -0.2) is 21.9 Å². The molecule has 0 aliphatic heterocycles. The predicted molar refractivity (Wildman–Crippen MR) is 69.6 cm³/mol. The van der Waals surface area contributed by atoms with Gasteiger partial charge in [0.15, 0.2) is 0 Å². The number of fused-ring (bicyclic) bond motifs is 1. The molecule has 2 rings (SSSR count). The molecule has 2 N–H and O–H groups in total. The summed E-state index contributed by atoms with van der Waals surface area (Å²) in [6, 6.07) is 0. The number of hydrogen-bond acceptors (Lipinski definition) is 2. The summed E-state index contributed by atoms with van der Waals surface area (Å²) in [5.74, 6) is 1.01. The summed E-state index contributed by atoms with van der Waals surface area (Å²) in [5.41, 5.74) is -0.448. The van der Waals surface area contributed by atoms with E-state index in [4.69, 9.17) is 0 Å². The summed E-state index contributed by atoms with van der Waals surface area (Å²) in [7, 11) is 0. The Morgan fingerprint density at radius 1 is 1.18 bits per heavy atom. The van der Waals surface area contributed by atoms with Crippen LogP contribution in [0.5, 0.6) is 0 Å². The van der Waals surface area contributed by atoms with Gasteiger partial charge in [-0.1, -0.05) is 26.7 Å². The van der Waals surface area contributed by atoms with Crippen LogP contribution in [-0.2, 0) is 0 Å². The highest BCUT2D eigenvalue weighted by Crippen LogP contribution is 2.55. The lowest BCUT2D eigenvalue weighted by molar-refractivity contribution is -0.151. The van der Waals surface area contributed by atoms with Gasteiger partial charge in [0.1, 0.15) is 0 Å². The van der Waals surface area contributed by atoms with E-state index >= 15 is 0 Å². The van der Waals surface area contributed by atoms with Crippen LogP contribution in [0.4, 0.5) is 0 Å². The Kier molecular flexibility index (Phi) is 3.33. The molecule has 2 heteroatoms. The zero-order valence-corrected chi connectivity index (χ0v) is 11.7. The highest BCUT2D eigenvalue weighted by molar-refractivity contribution is 5.02. The van der Waals surface area contributed by atoms with Crippen molar-refractivity contribution in [2.45, 2.75) is 71.5 Å². The molecule has 0 aromatic heterocycles. The second-order valence-corrected chi connectivity index (χ2v) is 7.34. The zero-order valence-electron chi connectivity index (χ0n) is 11.7. The first kappa shape index (κ1) is 13.4. The maximum absolute atomic E-state index is 10.7. The van der Waals surface area contributed by atoms with Crippen molar-refractivity contribution in [3.05, 3.63) is 0 Å². The lowest BCUT2D eigenvalue weighted by Crippen LogP contribution is -2.55. The number of aliphatic hydroxyl groups is 2. The molecule has 2 aliphatic carbocycles. The minimum Gasteiger partial charge on any atom is -0.392 e. The fraction of sp³-hybridized carbons (Fsp3) is 1.00. The molecule has 100 valence electrons. The average molecular weight is 240 g/mol. The smallest absolute Gasteiger partial charge is 0.0644 e. The van der Waals surface area contributed by atoms with Crippen LogP contribution in [0.3, 0.4) is 0 Å².